The van der Waals surface area contributed by atoms with Crippen LogP contribution in [0.2, 0.25) is 0 Å². The van der Waals surface area contributed by atoms with Crippen molar-refractivity contribution < 1.29 is 19.7 Å². The topological polar surface area (TPSA) is 118 Å². The molecule has 3 aromatic carbocycles. The van der Waals surface area contributed by atoms with Gasteiger partial charge in [-0.25, -0.2) is 4.79 Å². The molecule has 4 heterocycles. The molecular formula is C39H50N4O5S. The molecule has 0 spiro atoms. The number of aromatic hydroxyl groups is 1. The number of hydrogen-bond acceptors (Lipinski definition) is 7. The van der Waals surface area contributed by atoms with Crippen molar-refractivity contribution in [1.29, 1.82) is 0 Å². The summed E-state index contributed by atoms with van der Waals surface area (Å²) in [7, 11) is 0. The molecule has 49 heavy (non-hydrogen) atoms. The quantitative estimate of drug-likeness (QED) is 0.0806. The Morgan fingerprint density at radius 2 is 1.67 bits per heavy atom. The summed E-state index contributed by atoms with van der Waals surface area (Å²) in [6.07, 6.45) is 10.2. The number of thiazole rings is 1. The monoisotopic (exact) mass is 686 g/mol. The van der Waals surface area contributed by atoms with Crippen molar-refractivity contribution in [2.24, 2.45) is 5.92 Å². The Kier molecular flexibility index (Phi) is 12.3. The third kappa shape index (κ3) is 9.04. The first-order valence-electron chi connectivity index (χ1n) is 18.0. The molecule has 0 radical (unpaired) electrons. The lowest BCUT2D eigenvalue weighted by atomic mass is 9.81. The minimum Gasteiger partial charge on any atom is -0.506 e. The summed E-state index contributed by atoms with van der Waals surface area (Å²) < 4.78 is 7.05. The second kappa shape index (κ2) is 17.2. The van der Waals surface area contributed by atoms with Gasteiger partial charge in [0.25, 0.3) is 0 Å². The van der Waals surface area contributed by atoms with Gasteiger partial charge in [-0.05, 0) is 99.1 Å². The number of carboxylic acid groups (broad SMARTS) is 1. The van der Waals surface area contributed by atoms with Gasteiger partial charge in [-0.15, -0.1) is 0 Å². The average Bonchev–Trinajstić information content (AvgIpc) is 3.53. The van der Waals surface area contributed by atoms with E-state index in [0.29, 0.717) is 18.0 Å². The van der Waals surface area contributed by atoms with Crippen LogP contribution in [0.15, 0.2) is 71.5 Å². The number of amides is 1. The molecule has 4 N–H and O–H groups in total. The lowest BCUT2D eigenvalue weighted by molar-refractivity contribution is -0.000810. The number of H-pyrrole nitrogens is 1. The predicted octanol–water partition coefficient (Wildman–Crippen LogP) is 7.40. The number of benzene rings is 3. The molecule has 7 rings (SSSR count). The van der Waals surface area contributed by atoms with Gasteiger partial charge in [0.2, 0.25) is 0 Å². The number of fused-ring (bicyclic) bond motifs is 4. The van der Waals surface area contributed by atoms with Gasteiger partial charge < -0.3 is 30.2 Å². The third-order valence-corrected chi connectivity index (χ3v) is 11.2. The Bertz CT molecular complexity index is 1700. The second-order valence-electron chi connectivity index (χ2n) is 13.6. The Hall–Kier alpha value is -3.86. The van der Waals surface area contributed by atoms with Crippen LogP contribution in [0.5, 0.6) is 11.5 Å². The molecule has 3 aliphatic rings. The number of ether oxygens (including phenoxy) is 1. The van der Waals surface area contributed by atoms with Crippen molar-refractivity contribution in [2.75, 3.05) is 39.3 Å². The number of piperidine rings is 3. The zero-order chi connectivity index (χ0) is 34.0. The van der Waals surface area contributed by atoms with Crippen LogP contribution in [0.4, 0.5) is 4.79 Å². The zero-order valence-corrected chi connectivity index (χ0v) is 29.1. The number of carbonyl (C=O) groups is 1. The van der Waals surface area contributed by atoms with E-state index in [-0.39, 0.29) is 22.7 Å². The number of unbranched alkanes of at least 4 members (excludes halogenated alkanes) is 6. The number of aromatic amines is 1. The van der Waals surface area contributed by atoms with Gasteiger partial charge in [0.05, 0.1) is 23.4 Å². The van der Waals surface area contributed by atoms with Gasteiger partial charge in [-0.3, -0.25) is 9.69 Å². The summed E-state index contributed by atoms with van der Waals surface area (Å²) in [5.74, 6) is 1.32. The largest absolute Gasteiger partial charge is 0.506 e. The number of hydrogen-bond donors (Lipinski definition) is 4. The van der Waals surface area contributed by atoms with E-state index < -0.39 is 6.09 Å². The number of nitrogens with one attached hydrogen (secondary N) is 2. The van der Waals surface area contributed by atoms with Crippen LogP contribution in [-0.4, -0.2) is 76.5 Å². The number of nitrogens with zero attached hydrogens (tertiary/aromatic N) is 2. The Labute approximate surface area is 292 Å². The molecule has 10 heteroatoms. The van der Waals surface area contributed by atoms with Crippen LogP contribution in [-0.2, 0) is 6.42 Å². The molecule has 0 aliphatic carbocycles. The first kappa shape index (κ1) is 35.0. The van der Waals surface area contributed by atoms with E-state index in [2.05, 4.69) is 15.2 Å². The number of phenols is 1. The van der Waals surface area contributed by atoms with Gasteiger partial charge in [0.15, 0.2) is 0 Å². The molecule has 3 fully saturated rings. The number of aromatic nitrogens is 1. The van der Waals surface area contributed by atoms with Crippen LogP contribution < -0.4 is 14.9 Å². The molecule has 9 nitrogen and oxygen atoms in total. The van der Waals surface area contributed by atoms with E-state index in [4.69, 9.17) is 4.74 Å². The molecule has 0 saturated carbocycles. The summed E-state index contributed by atoms with van der Waals surface area (Å²) in [4.78, 5) is 31.3. The Balaban J connectivity index is 0.897. The zero-order valence-electron chi connectivity index (χ0n) is 28.3. The Morgan fingerprint density at radius 3 is 2.41 bits per heavy atom. The number of phenolic OH excluding ortho intramolecular Hbond substituents is 1. The lowest BCUT2D eigenvalue weighted by Crippen LogP contribution is -2.59. The summed E-state index contributed by atoms with van der Waals surface area (Å²) in [6.45, 7) is 5.42. The molecular weight excluding hydrogens is 637 g/mol. The molecule has 1 aromatic heterocycles. The molecule has 1 unspecified atom stereocenters. The molecule has 4 aromatic rings. The highest BCUT2D eigenvalue weighted by atomic mass is 32.1. The summed E-state index contributed by atoms with van der Waals surface area (Å²) >= 11 is 1.16. The van der Waals surface area contributed by atoms with Crippen molar-refractivity contribution in [2.45, 2.75) is 76.3 Å². The van der Waals surface area contributed by atoms with Crippen LogP contribution in [0.25, 0.3) is 10.2 Å². The maximum atomic E-state index is 12.9. The highest BCUT2D eigenvalue weighted by molar-refractivity contribution is 7.16. The summed E-state index contributed by atoms with van der Waals surface area (Å²) in [5, 5.41) is 24.1. The molecule has 3 aliphatic heterocycles. The molecule has 3 saturated heterocycles. The van der Waals surface area contributed by atoms with E-state index in [1.165, 1.54) is 25.7 Å². The first-order chi connectivity index (χ1) is 24.0. The van der Waals surface area contributed by atoms with Crippen molar-refractivity contribution in [3.8, 4) is 11.5 Å². The fraction of sp³-hybridized carbons (Fsp3) is 0.487. The van der Waals surface area contributed by atoms with Gasteiger partial charge in [0.1, 0.15) is 17.0 Å². The first-order valence-corrected chi connectivity index (χ1v) is 18.9. The smallest absolute Gasteiger partial charge is 0.408 e. The van der Waals surface area contributed by atoms with Crippen LogP contribution >= 0.6 is 11.3 Å². The minimum absolute atomic E-state index is 0.0191. The number of rotatable bonds is 18. The summed E-state index contributed by atoms with van der Waals surface area (Å²) in [6, 6.07) is 21.2. The average molecular weight is 687 g/mol. The van der Waals surface area contributed by atoms with Crippen LogP contribution in [0.3, 0.4) is 0 Å². The molecule has 1 amide bonds. The van der Waals surface area contributed by atoms with Crippen molar-refractivity contribution in [1.82, 2.24) is 20.1 Å². The maximum absolute atomic E-state index is 12.9. The predicted molar refractivity (Wildman–Crippen MR) is 196 cm³/mol. The maximum Gasteiger partial charge on any atom is 0.408 e. The van der Waals surface area contributed by atoms with Crippen LogP contribution in [0, 0.1) is 5.92 Å². The van der Waals surface area contributed by atoms with Gasteiger partial charge in [-0.1, -0.05) is 92.0 Å². The van der Waals surface area contributed by atoms with Gasteiger partial charge in [0, 0.05) is 6.54 Å². The highest BCUT2D eigenvalue weighted by Crippen LogP contribution is 2.39. The minimum atomic E-state index is -0.861. The van der Waals surface area contributed by atoms with Crippen molar-refractivity contribution in [3.05, 3.63) is 93.1 Å². The standard InChI is InChI=1S/C39H50N4O5S/c44-34-17-16-30(37-35(34)41-38(45)49-37)18-22-40-21-9-4-2-1-3-5-10-25-48-32-15-11-14-31(26-32)36(29-12-7-6-8-13-29)43(39(46)47)33-27-42-23-19-28(33)20-24-42/h6-8,11-17,26,28,33,36,40,44H,1-5,9-10,18-25,27H2,(H,41,45)(H,46,47)/t33-,36?/m0/s1. The molecule has 2 atom stereocenters. The fourth-order valence-corrected chi connectivity index (χ4v) is 8.56. The molecule has 2 bridgehead atoms. The SMILES string of the molecule is O=C(O)N(C(c1ccccc1)c1cccc(OCCCCCCCCCNCCc2ccc(O)c3[nH]c(=O)sc23)c1)[C@H]1CN2CCC1CC2. The summed E-state index contributed by atoms with van der Waals surface area (Å²) in [5.41, 5.74) is 3.57. The van der Waals surface area contributed by atoms with Crippen LogP contribution in [0.1, 0.15) is 80.5 Å². The Morgan fingerprint density at radius 1 is 0.939 bits per heavy atom. The fourth-order valence-electron chi connectivity index (χ4n) is 7.66. The van der Waals surface area contributed by atoms with Gasteiger partial charge >= 0.3 is 11.0 Å². The van der Waals surface area contributed by atoms with E-state index >= 15 is 0 Å². The second-order valence-corrected chi connectivity index (χ2v) is 14.5. The van der Waals surface area contributed by atoms with E-state index in [0.717, 1.165) is 110 Å². The van der Waals surface area contributed by atoms with Gasteiger partial charge in [-0.2, -0.15) is 0 Å². The highest BCUT2D eigenvalue weighted by Gasteiger charge is 2.43. The lowest BCUT2D eigenvalue weighted by Gasteiger charge is -2.50. The normalized spacial score (nSPS) is 19.2. The third-order valence-electron chi connectivity index (χ3n) is 10.2. The van der Waals surface area contributed by atoms with E-state index in [1.807, 2.05) is 60.7 Å². The van der Waals surface area contributed by atoms with E-state index in [1.54, 1.807) is 11.0 Å². The van der Waals surface area contributed by atoms with Crippen molar-refractivity contribution >= 4 is 27.6 Å². The molecule has 262 valence electrons. The van der Waals surface area contributed by atoms with Crippen molar-refractivity contribution in [3.63, 3.8) is 0 Å². The van der Waals surface area contributed by atoms with E-state index in [9.17, 15) is 19.8 Å².